The van der Waals surface area contributed by atoms with Gasteiger partial charge in [0.15, 0.2) is 17.0 Å². The van der Waals surface area contributed by atoms with Crippen LogP contribution in [0, 0.1) is 12.7 Å². The standard InChI is InChI=1S/C24H25FN4O2/c1-13-11-29-21-17(22(13)30)19(26)18(25)20(23(21)31-12-24(29)7-8-24)28-15-6-5-14(10-15)16-4-2-3-9-27-16/h2-4,9,11,14-15,28H,5-8,10,12,26H2,1H3/t14-,15-/m0/s1. The number of fused-ring (bicyclic) bond motifs is 1. The fourth-order valence-electron chi connectivity index (χ4n) is 5.33. The number of nitrogen functional groups attached to an aromatic ring is 1. The molecule has 1 spiro atoms. The molecule has 160 valence electrons. The second-order valence-corrected chi connectivity index (χ2v) is 9.29. The maximum absolute atomic E-state index is 15.5. The molecule has 0 radical (unpaired) electrons. The van der Waals surface area contributed by atoms with Crippen LogP contribution in [0.1, 0.15) is 49.3 Å². The van der Waals surface area contributed by atoms with Crippen LogP contribution in [0.15, 0.2) is 35.4 Å². The number of rotatable bonds is 3. The van der Waals surface area contributed by atoms with Gasteiger partial charge in [-0.1, -0.05) is 6.07 Å². The Kier molecular flexibility index (Phi) is 3.88. The van der Waals surface area contributed by atoms with E-state index in [0.717, 1.165) is 37.8 Å². The molecule has 2 aromatic heterocycles. The van der Waals surface area contributed by atoms with Crippen molar-refractivity contribution in [1.82, 2.24) is 9.55 Å². The Morgan fingerprint density at radius 1 is 1.32 bits per heavy atom. The maximum atomic E-state index is 15.5. The normalized spacial score (nSPS) is 23.2. The van der Waals surface area contributed by atoms with Gasteiger partial charge in [-0.3, -0.25) is 9.78 Å². The number of hydrogen-bond acceptors (Lipinski definition) is 5. The van der Waals surface area contributed by atoms with Gasteiger partial charge in [0, 0.05) is 35.6 Å². The number of hydrogen-bond donors (Lipinski definition) is 2. The Morgan fingerprint density at radius 3 is 2.90 bits per heavy atom. The van der Waals surface area contributed by atoms with Crippen LogP contribution < -0.4 is 21.2 Å². The second-order valence-electron chi connectivity index (χ2n) is 9.29. The van der Waals surface area contributed by atoms with Crippen LogP contribution in [0.25, 0.3) is 10.9 Å². The van der Waals surface area contributed by atoms with E-state index in [1.54, 1.807) is 6.92 Å². The number of aromatic nitrogens is 2. The molecule has 2 fully saturated rings. The molecule has 0 unspecified atom stereocenters. The number of nitrogens with zero attached hydrogens (tertiary/aromatic N) is 2. The fourth-order valence-corrected chi connectivity index (χ4v) is 5.33. The van der Waals surface area contributed by atoms with Crippen molar-refractivity contribution in [1.29, 1.82) is 0 Å². The summed E-state index contributed by atoms with van der Waals surface area (Å²) < 4.78 is 23.7. The third-order valence-corrected chi connectivity index (χ3v) is 7.26. The van der Waals surface area contributed by atoms with Gasteiger partial charge >= 0.3 is 0 Å². The van der Waals surface area contributed by atoms with Crippen LogP contribution in [0.3, 0.4) is 0 Å². The molecular formula is C24H25FN4O2. The van der Waals surface area contributed by atoms with Crippen LogP contribution in [0.4, 0.5) is 15.8 Å². The van der Waals surface area contributed by atoms with Crippen LogP contribution >= 0.6 is 0 Å². The number of nitrogens with two attached hydrogens (primary N) is 1. The summed E-state index contributed by atoms with van der Waals surface area (Å²) in [6.45, 7) is 2.24. The van der Waals surface area contributed by atoms with Gasteiger partial charge < -0.3 is 20.4 Å². The molecule has 31 heavy (non-hydrogen) atoms. The number of ether oxygens (including phenoxy) is 1. The first-order valence-electron chi connectivity index (χ1n) is 11.0. The van der Waals surface area contributed by atoms with Crippen LogP contribution in [-0.4, -0.2) is 22.2 Å². The molecule has 2 saturated carbocycles. The summed E-state index contributed by atoms with van der Waals surface area (Å²) in [5.41, 5.74) is 8.31. The Labute approximate surface area is 179 Å². The third kappa shape index (κ3) is 2.68. The average molecular weight is 420 g/mol. The second kappa shape index (κ2) is 6.45. The molecule has 1 aliphatic heterocycles. The molecule has 6 rings (SSSR count). The first-order valence-corrected chi connectivity index (χ1v) is 11.0. The minimum Gasteiger partial charge on any atom is -0.487 e. The quantitative estimate of drug-likeness (QED) is 0.625. The lowest BCUT2D eigenvalue weighted by molar-refractivity contribution is 0.221. The van der Waals surface area contributed by atoms with E-state index < -0.39 is 5.82 Å². The van der Waals surface area contributed by atoms with E-state index in [1.165, 1.54) is 0 Å². The Morgan fingerprint density at radius 2 is 2.16 bits per heavy atom. The Bertz CT molecular complexity index is 1270. The van der Waals surface area contributed by atoms with Crippen molar-refractivity contribution in [2.75, 3.05) is 17.7 Å². The van der Waals surface area contributed by atoms with E-state index >= 15 is 4.39 Å². The molecule has 0 bridgehead atoms. The van der Waals surface area contributed by atoms with Crippen molar-refractivity contribution >= 4 is 22.3 Å². The summed E-state index contributed by atoms with van der Waals surface area (Å²) in [7, 11) is 0. The third-order valence-electron chi connectivity index (χ3n) is 7.26. The molecule has 7 heteroatoms. The first kappa shape index (κ1) is 18.7. The van der Waals surface area contributed by atoms with E-state index in [0.29, 0.717) is 29.4 Å². The number of benzene rings is 1. The van der Waals surface area contributed by atoms with Gasteiger partial charge in [-0.15, -0.1) is 0 Å². The number of halogens is 1. The largest absolute Gasteiger partial charge is 0.487 e. The Balaban J connectivity index is 1.44. The molecule has 1 aromatic carbocycles. The van der Waals surface area contributed by atoms with Gasteiger partial charge in [0.1, 0.15) is 12.3 Å². The van der Waals surface area contributed by atoms with E-state index in [9.17, 15) is 4.79 Å². The lowest BCUT2D eigenvalue weighted by Gasteiger charge is -2.32. The molecule has 2 aliphatic carbocycles. The zero-order valence-corrected chi connectivity index (χ0v) is 17.5. The van der Waals surface area contributed by atoms with Crippen molar-refractivity contribution in [3.05, 3.63) is 57.9 Å². The molecule has 0 amide bonds. The predicted octanol–water partition coefficient (Wildman–Crippen LogP) is 4.06. The molecule has 3 N–H and O–H groups in total. The van der Waals surface area contributed by atoms with Gasteiger partial charge in [-0.2, -0.15) is 0 Å². The Hall–Kier alpha value is -3.09. The smallest absolute Gasteiger partial charge is 0.194 e. The summed E-state index contributed by atoms with van der Waals surface area (Å²) in [5, 5.41) is 3.62. The SMILES string of the molecule is Cc1cn2c3c(c(N[C@H]4CC[C@H](c5ccccn5)C4)c(F)c(N)c3c1=O)OCC21CC1. The molecule has 2 atom stereocenters. The summed E-state index contributed by atoms with van der Waals surface area (Å²) >= 11 is 0. The number of pyridine rings is 2. The number of aryl methyl sites for hydroxylation is 1. The van der Waals surface area contributed by atoms with Crippen molar-refractivity contribution in [3.63, 3.8) is 0 Å². The van der Waals surface area contributed by atoms with E-state index in [4.69, 9.17) is 10.5 Å². The zero-order chi connectivity index (χ0) is 21.3. The minimum absolute atomic E-state index is 0.0839. The zero-order valence-electron chi connectivity index (χ0n) is 17.5. The molecule has 3 heterocycles. The first-order chi connectivity index (χ1) is 15.0. The van der Waals surface area contributed by atoms with Crippen LogP contribution in [0.5, 0.6) is 5.75 Å². The topological polar surface area (TPSA) is 82.2 Å². The summed E-state index contributed by atoms with van der Waals surface area (Å²) in [5.74, 6) is 0.162. The van der Waals surface area contributed by atoms with E-state index in [-0.39, 0.29) is 33.8 Å². The van der Waals surface area contributed by atoms with Gasteiger partial charge in [-0.05, 0) is 51.2 Å². The van der Waals surface area contributed by atoms with Gasteiger partial charge in [0.25, 0.3) is 0 Å². The van der Waals surface area contributed by atoms with Crippen LogP contribution in [-0.2, 0) is 5.54 Å². The monoisotopic (exact) mass is 420 g/mol. The molecule has 3 aromatic rings. The van der Waals surface area contributed by atoms with Crippen molar-refractivity contribution in [2.24, 2.45) is 0 Å². The van der Waals surface area contributed by atoms with Gasteiger partial charge in [0.2, 0.25) is 0 Å². The lowest BCUT2D eigenvalue weighted by atomic mass is 10.0. The van der Waals surface area contributed by atoms with Crippen molar-refractivity contribution in [3.8, 4) is 5.75 Å². The van der Waals surface area contributed by atoms with Crippen LogP contribution in [0.2, 0.25) is 0 Å². The summed E-state index contributed by atoms with van der Waals surface area (Å²) in [4.78, 5) is 17.4. The minimum atomic E-state index is -0.593. The number of anilines is 2. The average Bonchev–Trinajstić information content (AvgIpc) is 3.40. The van der Waals surface area contributed by atoms with E-state index in [1.807, 2.05) is 30.6 Å². The highest BCUT2D eigenvalue weighted by molar-refractivity contribution is 6.00. The molecule has 6 nitrogen and oxygen atoms in total. The highest BCUT2D eigenvalue weighted by Gasteiger charge is 2.49. The lowest BCUT2D eigenvalue weighted by Crippen LogP contribution is -2.33. The maximum Gasteiger partial charge on any atom is 0.194 e. The number of nitrogens with one attached hydrogen (secondary N) is 1. The highest BCUT2D eigenvalue weighted by atomic mass is 19.1. The summed E-state index contributed by atoms with van der Waals surface area (Å²) in [6.07, 6.45) is 8.42. The molecule has 3 aliphatic rings. The van der Waals surface area contributed by atoms with Crippen molar-refractivity contribution in [2.45, 2.75) is 56.5 Å². The highest BCUT2D eigenvalue weighted by Crippen LogP contribution is 2.53. The molecule has 0 saturated heterocycles. The van der Waals surface area contributed by atoms with E-state index in [2.05, 4.69) is 14.9 Å². The van der Waals surface area contributed by atoms with Crippen molar-refractivity contribution < 1.29 is 9.13 Å². The van der Waals surface area contributed by atoms with Gasteiger partial charge in [-0.25, -0.2) is 4.39 Å². The fraction of sp³-hybridized carbons (Fsp3) is 0.417. The molecular weight excluding hydrogens is 395 g/mol. The van der Waals surface area contributed by atoms with Gasteiger partial charge in [0.05, 0.1) is 22.1 Å². The predicted molar refractivity (Wildman–Crippen MR) is 118 cm³/mol. The summed E-state index contributed by atoms with van der Waals surface area (Å²) in [6, 6.07) is 6.04.